The molecule has 0 aliphatic heterocycles. The van der Waals surface area contributed by atoms with Gasteiger partial charge in [0.15, 0.2) is 12.2 Å². The predicted octanol–water partition coefficient (Wildman–Crippen LogP) is 3.55. The molecule has 2 rings (SSSR count). The van der Waals surface area contributed by atoms with Crippen LogP contribution in [0.15, 0.2) is 41.3 Å². The molecular formula is C13H16N2O. The first-order chi connectivity index (χ1) is 7.79. The first-order valence-electron chi connectivity index (χ1n) is 5.55. The molecule has 3 heteroatoms. The average molecular weight is 216 g/mol. The molecule has 1 aromatic heterocycles. The number of anilines is 1. The van der Waals surface area contributed by atoms with Gasteiger partial charge in [0.25, 0.3) is 0 Å². The summed E-state index contributed by atoms with van der Waals surface area (Å²) in [5.74, 6) is 0.801. The highest BCUT2D eigenvalue weighted by molar-refractivity contribution is 5.60. The molecule has 2 aromatic rings. The summed E-state index contributed by atoms with van der Waals surface area (Å²) in [6.07, 6.45) is 4.28. The Hall–Kier alpha value is -1.77. The number of nitrogens with one attached hydrogen (secondary N) is 1. The van der Waals surface area contributed by atoms with E-state index in [0.717, 1.165) is 23.4 Å². The maximum Gasteiger partial charge on any atom is 0.181 e. The van der Waals surface area contributed by atoms with Gasteiger partial charge in [0.1, 0.15) is 0 Å². The van der Waals surface area contributed by atoms with Crippen LogP contribution in [0.5, 0.6) is 0 Å². The van der Waals surface area contributed by atoms with Crippen molar-refractivity contribution in [3.8, 4) is 11.3 Å². The highest BCUT2D eigenvalue weighted by atomic mass is 16.3. The number of nitrogens with zero attached hydrogens (tertiary/aromatic N) is 1. The van der Waals surface area contributed by atoms with Crippen LogP contribution in [0.2, 0.25) is 0 Å². The van der Waals surface area contributed by atoms with Crippen molar-refractivity contribution in [3.05, 3.63) is 36.9 Å². The maximum absolute atomic E-state index is 5.23. The van der Waals surface area contributed by atoms with Gasteiger partial charge in [-0.1, -0.05) is 6.92 Å². The standard InChI is InChI=1S/C13H16N2O/c1-3-10(2)15-12-6-4-11(5-7-12)13-8-14-9-16-13/h4-10,15H,3H2,1-2H3. The molecule has 1 aromatic carbocycles. The number of aromatic nitrogens is 1. The third-order valence-corrected chi connectivity index (χ3v) is 2.63. The zero-order valence-corrected chi connectivity index (χ0v) is 9.60. The fourth-order valence-corrected chi connectivity index (χ4v) is 1.48. The topological polar surface area (TPSA) is 38.1 Å². The summed E-state index contributed by atoms with van der Waals surface area (Å²) in [5.41, 5.74) is 2.19. The summed E-state index contributed by atoms with van der Waals surface area (Å²) in [6, 6.07) is 8.68. The second kappa shape index (κ2) is 4.84. The van der Waals surface area contributed by atoms with E-state index in [4.69, 9.17) is 4.42 Å². The quantitative estimate of drug-likeness (QED) is 0.849. The molecule has 1 N–H and O–H groups in total. The van der Waals surface area contributed by atoms with Crippen molar-refractivity contribution >= 4 is 5.69 Å². The predicted molar refractivity (Wildman–Crippen MR) is 65.3 cm³/mol. The summed E-state index contributed by atoms with van der Waals surface area (Å²) in [6.45, 7) is 4.34. The minimum Gasteiger partial charge on any atom is -0.444 e. The van der Waals surface area contributed by atoms with Crippen molar-refractivity contribution in [3.63, 3.8) is 0 Å². The van der Waals surface area contributed by atoms with Gasteiger partial charge >= 0.3 is 0 Å². The highest BCUT2D eigenvalue weighted by Gasteiger charge is 2.02. The summed E-state index contributed by atoms with van der Waals surface area (Å²) >= 11 is 0. The largest absolute Gasteiger partial charge is 0.444 e. The van der Waals surface area contributed by atoms with Gasteiger partial charge in [-0.2, -0.15) is 0 Å². The van der Waals surface area contributed by atoms with Crippen molar-refractivity contribution in [2.24, 2.45) is 0 Å². The maximum atomic E-state index is 5.23. The van der Waals surface area contributed by atoms with Crippen LogP contribution in [0.3, 0.4) is 0 Å². The Kier molecular flexibility index (Phi) is 3.25. The van der Waals surface area contributed by atoms with Crippen molar-refractivity contribution in [1.29, 1.82) is 0 Å². The van der Waals surface area contributed by atoms with E-state index in [-0.39, 0.29) is 0 Å². The number of hydrogen-bond donors (Lipinski definition) is 1. The number of oxazole rings is 1. The fourth-order valence-electron chi connectivity index (χ4n) is 1.48. The van der Waals surface area contributed by atoms with E-state index in [1.54, 1.807) is 6.20 Å². The Bertz CT molecular complexity index is 420. The Labute approximate surface area is 95.5 Å². The lowest BCUT2D eigenvalue weighted by Gasteiger charge is -2.12. The second-order valence-electron chi connectivity index (χ2n) is 3.90. The normalized spacial score (nSPS) is 12.4. The summed E-state index contributed by atoms with van der Waals surface area (Å²) in [5, 5.41) is 3.42. The molecule has 0 aliphatic rings. The molecular weight excluding hydrogens is 200 g/mol. The molecule has 0 saturated heterocycles. The van der Waals surface area contributed by atoms with Crippen LogP contribution in [-0.4, -0.2) is 11.0 Å². The lowest BCUT2D eigenvalue weighted by atomic mass is 10.1. The Morgan fingerprint density at radius 1 is 1.31 bits per heavy atom. The van der Waals surface area contributed by atoms with Crippen molar-refractivity contribution < 1.29 is 4.42 Å². The number of hydrogen-bond acceptors (Lipinski definition) is 3. The van der Waals surface area contributed by atoms with Crippen LogP contribution in [0.4, 0.5) is 5.69 Å². The summed E-state index contributed by atoms with van der Waals surface area (Å²) in [7, 11) is 0. The third kappa shape index (κ3) is 2.42. The number of rotatable bonds is 4. The van der Waals surface area contributed by atoms with Gasteiger partial charge in [-0.25, -0.2) is 4.98 Å². The zero-order valence-electron chi connectivity index (χ0n) is 9.60. The van der Waals surface area contributed by atoms with E-state index in [1.807, 2.05) is 12.1 Å². The van der Waals surface area contributed by atoms with Gasteiger partial charge in [0, 0.05) is 17.3 Å². The first kappa shape index (κ1) is 10.7. The minimum absolute atomic E-state index is 0.496. The molecule has 1 unspecified atom stereocenters. The van der Waals surface area contributed by atoms with E-state index in [2.05, 4.69) is 36.3 Å². The first-order valence-corrected chi connectivity index (χ1v) is 5.55. The molecule has 3 nitrogen and oxygen atoms in total. The van der Waals surface area contributed by atoms with E-state index in [9.17, 15) is 0 Å². The van der Waals surface area contributed by atoms with Crippen LogP contribution >= 0.6 is 0 Å². The average Bonchev–Trinajstić information content (AvgIpc) is 2.83. The fraction of sp³-hybridized carbons (Fsp3) is 0.308. The van der Waals surface area contributed by atoms with Crippen molar-refractivity contribution in [1.82, 2.24) is 4.98 Å². The molecule has 16 heavy (non-hydrogen) atoms. The van der Waals surface area contributed by atoms with E-state index in [0.29, 0.717) is 6.04 Å². The summed E-state index contributed by atoms with van der Waals surface area (Å²) in [4.78, 5) is 3.90. The van der Waals surface area contributed by atoms with Crippen LogP contribution in [0, 0.1) is 0 Å². The van der Waals surface area contributed by atoms with Gasteiger partial charge in [-0.05, 0) is 37.6 Å². The van der Waals surface area contributed by atoms with E-state index >= 15 is 0 Å². The van der Waals surface area contributed by atoms with E-state index in [1.165, 1.54) is 6.39 Å². The molecule has 0 spiro atoms. The molecule has 0 fully saturated rings. The Morgan fingerprint density at radius 3 is 2.62 bits per heavy atom. The molecule has 0 aliphatic carbocycles. The van der Waals surface area contributed by atoms with Crippen molar-refractivity contribution in [2.45, 2.75) is 26.3 Å². The van der Waals surface area contributed by atoms with Gasteiger partial charge in [0.2, 0.25) is 0 Å². The highest BCUT2D eigenvalue weighted by Crippen LogP contribution is 2.21. The van der Waals surface area contributed by atoms with Crippen molar-refractivity contribution in [2.75, 3.05) is 5.32 Å². The number of benzene rings is 1. The zero-order chi connectivity index (χ0) is 11.4. The minimum atomic E-state index is 0.496. The summed E-state index contributed by atoms with van der Waals surface area (Å²) < 4.78 is 5.23. The monoisotopic (exact) mass is 216 g/mol. The van der Waals surface area contributed by atoms with Gasteiger partial charge in [-0.15, -0.1) is 0 Å². The third-order valence-electron chi connectivity index (χ3n) is 2.63. The second-order valence-corrected chi connectivity index (χ2v) is 3.90. The molecule has 1 heterocycles. The molecule has 0 radical (unpaired) electrons. The van der Waals surface area contributed by atoms with Crippen LogP contribution in [0.25, 0.3) is 11.3 Å². The Morgan fingerprint density at radius 2 is 2.06 bits per heavy atom. The van der Waals surface area contributed by atoms with Gasteiger partial charge in [0.05, 0.1) is 6.20 Å². The van der Waals surface area contributed by atoms with E-state index < -0.39 is 0 Å². The molecule has 1 atom stereocenters. The molecule has 84 valence electrons. The van der Waals surface area contributed by atoms with Crippen LogP contribution < -0.4 is 5.32 Å². The van der Waals surface area contributed by atoms with Crippen LogP contribution in [-0.2, 0) is 0 Å². The van der Waals surface area contributed by atoms with Gasteiger partial charge < -0.3 is 9.73 Å². The lowest BCUT2D eigenvalue weighted by Crippen LogP contribution is -2.12. The SMILES string of the molecule is CCC(C)Nc1ccc(-c2cnco2)cc1. The van der Waals surface area contributed by atoms with Gasteiger partial charge in [-0.3, -0.25) is 0 Å². The molecule has 0 amide bonds. The molecule has 0 saturated carbocycles. The Balaban J connectivity index is 2.11. The lowest BCUT2D eigenvalue weighted by molar-refractivity contribution is 0.572. The van der Waals surface area contributed by atoms with Crippen LogP contribution in [0.1, 0.15) is 20.3 Å². The smallest absolute Gasteiger partial charge is 0.181 e. The molecule has 0 bridgehead atoms.